The smallest absolute Gasteiger partial charge is 0.0218 e. The molecule has 1 fully saturated rings. The highest BCUT2D eigenvalue weighted by atomic mass is 32.1. The molecule has 2 unspecified atom stereocenters. The van der Waals surface area contributed by atoms with Gasteiger partial charge in [0.25, 0.3) is 0 Å². The van der Waals surface area contributed by atoms with Gasteiger partial charge < -0.3 is 9.80 Å². The molecule has 1 aliphatic heterocycles. The fourth-order valence-corrected chi connectivity index (χ4v) is 2.97. The number of hydrogen-bond acceptors (Lipinski definition) is 3. The van der Waals surface area contributed by atoms with Crippen molar-refractivity contribution in [3.63, 3.8) is 0 Å². The third-order valence-electron chi connectivity index (χ3n) is 4.00. The number of piperazine rings is 1. The van der Waals surface area contributed by atoms with E-state index in [1.54, 1.807) is 0 Å². The Kier molecular flexibility index (Phi) is 6.16. The molecule has 0 saturated carbocycles. The Morgan fingerprint density at radius 3 is 2.50 bits per heavy atom. The van der Waals surface area contributed by atoms with Gasteiger partial charge in [0.2, 0.25) is 0 Å². The van der Waals surface area contributed by atoms with Crippen LogP contribution in [0.25, 0.3) is 0 Å². The largest absolute Gasteiger partial charge is 0.301 e. The minimum atomic E-state index is 0.740. The van der Waals surface area contributed by atoms with Crippen LogP contribution in [0.5, 0.6) is 0 Å². The monoisotopic (exact) mass is 244 g/mol. The van der Waals surface area contributed by atoms with Gasteiger partial charge in [-0.05, 0) is 31.1 Å². The summed E-state index contributed by atoms with van der Waals surface area (Å²) >= 11 is 4.48. The van der Waals surface area contributed by atoms with E-state index in [1.807, 2.05) is 0 Å². The van der Waals surface area contributed by atoms with Crippen LogP contribution >= 0.6 is 12.6 Å². The zero-order valence-corrected chi connectivity index (χ0v) is 12.2. The van der Waals surface area contributed by atoms with Gasteiger partial charge in [0.1, 0.15) is 0 Å². The highest BCUT2D eigenvalue weighted by Gasteiger charge is 2.25. The molecule has 0 bridgehead atoms. The third-order valence-corrected chi connectivity index (χ3v) is 4.47. The molecule has 0 aliphatic carbocycles. The highest BCUT2D eigenvalue weighted by molar-refractivity contribution is 7.80. The van der Waals surface area contributed by atoms with Crippen molar-refractivity contribution in [3.05, 3.63) is 0 Å². The summed E-state index contributed by atoms with van der Waals surface area (Å²) in [6.45, 7) is 11.8. The maximum absolute atomic E-state index is 4.48. The van der Waals surface area contributed by atoms with Crippen LogP contribution in [0.1, 0.15) is 27.2 Å². The lowest BCUT2D eigenvalue weighted by atomic mass is 9.96. The zero-order chi connectivity index (χ0) is 12.1. The van der Waals surface area contributed by atoms with Crippen LogP contribution in [0.15, 0.2) is 0 Å². The summed E-state index contributed by atoms with van der Waals surface area (Å²) in [6, 6.07) is 0.751. The van der Waals surface area contributed by atoms with E-state index < -0.39 is 0 Å². The van der Waals surface area contributed by atoms with Gasteiger partial charge in [-0.3, -0.25) is 0 Å². The molecule has 0 N–H and O–H groups in total. The summed E-state index contributed by atoms with van der Waals surface area (Å²) in [5.74, 6) is 2.50. The van der Waals surface area contributed by atoms with Gasteiger partial charge in [-0.2, -0.15) is 12.6 Å². The number of hydrogen-bond donors (Lipinski definition) is 1. The number of nitrogens with zero attached hydrogens (tertiary/aromatic N) is 2. The molecule has 2 nitrogen and oxygen atoms in total. The molecule has 0 amide bonds. The van der Waals surface area contributed by atoms with E-state index in [1.165, 1.54) is 32.6 Å². The summed E-state index contributed by atoms with van der Waals surface area (Å²) in [5, 5.41) is 0. The molecule has 96 valence electrons. The Labute approximate surface area is 107 Å². The van der Waals surface area contributed by atoms with Crippen LogP contribution in [0.4, 0.5) is 0 Å². The SMILES string of the molecule is CCC1CN(CC(CS)C(C)C)CCN1C. The topological polar surface area (TPSA) is 6.48 Å². The van der Waals surface area contributed by atoms with Crippen LogP contribution in [0, 0.1) is 11.8 Å². The van der Waals surface area contributed by atoms with Crippen molar-refractivity contribution in [1.82, 2.24) is 9.80 Å². The standard InChI is InChI=1S/C13H28N2S/c1-5-13-9-15(7-6-14(13)4)8-12(10-16)11(2)3/h11-13,16H,5-10H2,1-4H3. The first-order chi connectivity index (χ1) is 7.58. The van der Waals surface area contributed by atoms with E-state index in [-0.39, 0.29) is 0 Å². The second kappa shape index (κ2) is 6.87. The lowest BCUT2D eigenvalue weighted by Crippen LogP contribution is -2.52. The van der Waals surface area contributed by atoms with E-state index in [2.05, 4.69) is 50.2 Å². The van der Waals surface area contributed by atoms with Gasteiger partial charge in [-0.15, -0.1) is 0 Å². The van der Waals surface area contributed by atoms with Gasteiger partial charge >= 0.3 is 0 Å². The predicted molar refractivity (Wildman–Crippen MR) is 75.3 cm³/mol. The van der Waals surface area contributed by atoms with E-state index in [0.29, 0.717) is 0 Å². The van der Waals surface area contributed by atoms with Gasteiger partial charge in [0.05, 0.1) is 0 Å². The average Bonchev–Trinajstić information content (AvgIpc) is 2.27. The van der Waals surface area contributed by atoms with Crippen molar-refractivity contribution in [2.24, 2.45) is 11.8 Å². The Morgan fingerprint density at radius 2 is 2.00 bits per heavy atom. The van der Waals surface area contributed by atoms with Crippen LogP contribution in [-0.2, 0) is 0 Å². The fraction of sp³-hybridized carbons (Fsp3) is 1.00. The first-order valence-corrected chi connectivity index (χ1v) is 7.25. The summed E-state index contributed by atoms with van der Waals surface area (Å²) in [7, 11) is 2.25. The molecule has 0 aromatic heterocycles. The van der Waals surface area contributed by atoms with Gasteiger partial charge in [0, 0.05) is 32.2 Å². The van der Waals surface area contributed by atoms with Crippen LogP contribution in [-0.4, -0.2) is 54.8 Å². The molecule has 1 saturated heterocycles. The summed E-state index contributed by atoms with van der Waals surface area (Å²) in [6.07, 6.45) is 1.26. The quantitative estimate of drug-likeness (QED) is 0.741. The Morgan fingerprint density at radius 1 is 1.31 bits per heavy atom. The van der Waals surface area contributed by atoms with Crippen LogP contribution in [0.2, 0.25) is 0 Å². The highest BCUT2D eigenvalue weighted by Crippen LogP contribution is 2.17. The molecular formula is C13H28N2S. The molecule has 0 aromatic carbocycles. The minimum absolute atomic E-state index is 0.740. The predicted octanol–water partition coefficient (Wildman–Crippen LogP) is 2.21. The summed E-state index contributed by atoms with van der Waals surface area (Å²) in [5.41, 5.74) is 0. The molecule has 3 heteroatoms. The molecule has 0 radical (unpaired) electrons. The first-order valence-electron chi connectivity index (χ1n) is 6.61. The average molecular weight is 244 g/mol. The normalized spacial score (nSPS) is 26.2. The van der Waals surface area contributed by atoms with E-state index in [4.69, 9.17) is 0 Å². The lowest BCUT2D eigenvalue weighted by molar-refractivity contribution is 0.0786. The number of rotatable bonds is 5. The van der Waals surface area contributed by atoms with Gasteiger partial charge in [-0.1, -0.05) is 20.8 Å². The van der Waals surface area contributed by atoms with Crippen LogP contribution in [0.3, 0.4) is 0 Å². The van der Waals surface area contributed by atoms with Crippen molar-refractivity contribution in [2.45, 2.75) is 33.2 Å². The molecule has 2 atom stereocenters. The minimum Gasteiger partial charge on any atom is -0.301 e. The van der Waals surface area contributed by atoms with Crippen molar-refractivity contribution in [1.29, 1.82) is 0 Å². The summed E-state index contributed by atoms with van der Waals surface area (Å²) < 4.78 is 0. The molecule has 0 aromatic rings. The maximum Gasteiger partial charge on any atom is 0.0218 e. The number of thiol groups is 1. The lowest BCUT2D eigenvalue weighted by Gasteiger charge is -2.40. The molecule has 1 heterocycles. The van der Waals surface area contributed by atoms with Gasteiger partial charge in [-0.25, -0.2) is 0 Å². The fourth-order valence-electron chi connectivity index (χ4n) is 2.43. The second-order valence-electron chi connectivity index (χ2n) is 5.49. The molecule has 1 aliphatic rings. The van der Waals surface area contributed by atoms with E-state index in [9.17, 15) is 0 Å². The molecule has 1 rings (SSSR count). The van der Waals surface area contributed by atoms with Crippen molar-refractivity contribution < 1.29 is 0 Å². The van der Waals surface area contributed by atoms with Crippen molar-refractivity contribution in [3.8, 4) is 0 Å². The first kappa shape index (κ1) is 14.3. The van der Waals surface area contributed by atoms with Crippen molar-refractivity contribution in [2.75, 3.05) is 39.0 Å². The van der Waals surface area contributed by atoms with E-state index >= 15 is 0 Å². The molecule has 0 spiro atoms. The maximum atomic E-state index is 4.48. The second-order valence-corrected chi connectivity index (χ2v) is 5.85. The Bertz CT molecular complexity index is 196. The van der Waals surface area contributed by atoms with Gasteiger partial charge in [0.15, 0.2) is 0 Å². The third kappa shape index (κ3) is 3.94. The Hall–Kier alpha value is 0.270. The van der Waals surface area contributed by atoms with E-state index in [0.717, 1.165) is 23.6 Å². The summed E-state index contributed by atoms with van der Waals surface area (Å²) in [4.78, 5) is 5.14. The van der Waals surface area contributed by atoms with Crippen LogP contribution < -0.4 is 0 Å². The Balaban J connectivity index is 2.43. The molecular weight excluding hydrogens is 216 g/mol. The number of likely N-dealkylation sites (N-methyl/N-ethyl adjacent to an activating group) is 1. The zero-order valence-electron chi connectivity index (χ0n) is 11.3. The molecule has 16 heavy (non-hydrogen) atoms. The van der Waals surface area contributed by atoms with Crippen molar-refractivity contribution >= 4 is 12.6 Å².